The summed E-state index contributed by atoms with van der Waals surface area (Å²) in [4.78, 5) is 23.9. The number of anilines is 1. The van der Waals surface area contributed by atoms with E-state index in [0.29, 0.717) is 11.5 Å². The van der Waals surface area contributed by atoms with Gasteiger partial charge in [-0.25, -0.2) is 9.97 Å². The van der Waals surface area contributed by atoms with Crippen LogP contribution in [0.1, 0.15) is 45.6 Å². The van der Waals surface area contributed by atoms with Crippen LogP contribution >= 0.6 is 11.8 Å². The van der Waals surface area contributed by atoms with Gasteiger partial charge >= 0.3 is 0 Å². The molecule has 5 nitrogen and oxygen atoms in total. The van der Waals surface area contributed by atoms with Crippen molar-refractivity contribution >= 4 is 23.5 Å². The summed E-state index contributed by atoms with van der Waals surface area (Å²) in [6.45, 7) is 5.71. The predicted octanol–water partition coefficient (Wildman–Crippen LogP) is 5.16. The molecule has 3 aromatic rings. The molecule has 0 radical (unpaired) electrons. The summed E-state index contributed by atoms with van der Waals surface area (Å²) in [5.41, 5.74) is 5.22. The van der Waals surface area contributed by atoms with Crippen LogP contribution in [0.25, 0.3) is 0 Å². The SMILES string of the molecule is Cc1nc(SCc2ccc(C(=O)NCC3CC3)cc2)nc(N(C)Cc2ccccc2)c1C. The average molecular weight is 447 g/mol. The number of carbonyl (C=O) groups is 1. The number of thioether (sulfide) groups is 1. The number of amides is 1. The first-order chi connectivity index (χ1) is 15.5. The van der Waals surface area contributed by atoms with E-state index >= 15 is 0 Å². The number of benzene rings is 2. The van der Waals surface area contributed by atoms with Gasteiger partial charge in [0, 0.05) is 42.7 Å². The number of hydrogen-bond donors (Lipinski definition) is 1. The lowest BCUT2D eigenvalue weighted by molar-refractivity contribution is 0.0952. The van der Waals surface area contributed by atoms with Gasteiger partial charge in [-0.15, -0.1) is 0 Å². The van der Waals surface area contributed by atoms with Crippen LogP contribution in [0.3, 0.4) is 0 Å². The van der Waals surface area contributed by atoms with Crippen molar-refractivity contribution in [2.45, 2.75) is 44.1 Å². The lowest BCUT2D eigenvalue weighted by Crippen LogP contribution is -2.25. The maximum absolute atomic E-state index is 12.2. The maximum Gasteiger partial charge on any atom is 0.251 e. The molecule has 0 aliphatic heterocycles. The summed E-state index contributed by atoms with van der Waals surface area (Å²) in [5.74, 6) is 2.42. The van der Waals surface area contributed by atoms with Crippen molar-refractivity contribution in [2.24, 2.45) is 5.92 Å². The first-order valence-corrected chi connectivity index (χ1v) is 12.1. The van der Waals surface area contributed by atoms with Crippen molar-refractivity contribution in [1.29, 1.82) is 0 Å². The van der Waals surface area contributed by atoms with Crippen LogP contribution in [-0.2, 0) is 12.3 Å². The summed E-state index contributed by atoms with van der Waals surface area (Å²) < 4.78 is 0. The zero-order valence-corrected chi connectivity index (χ0v) is 19.8. The Kier molecular flexibility index (Phi) is 7.10. The van der Waals surface area contributed by atoms with Crippen LogP contribution in [0.15, 0.2) is 59.8 Å². The number of carbonyl (C=O) groups excluding carboxylic acids is 1. The third-order valence-electron chi connectivity index (χ3n) is 5.80. The predicted molar refractivity (Wildman–Crippen MR) is 131 cm³/mol. The monoisotopic (exact) mass is 446 g/mol. The van der Waals surface area contributed by atoms with Crippen molar-refractivity contribution in [1.82, 2.24) is 15.3 Å². The number of hydrogen-bond acceptors (Lipinski definition) is 5. The highest BCUT2D eigenvalue weighted by Gasteiger charge is 2.21. The maximum atomic E-state index is 12.2. The molecule has 0 spiro atoms. The lowest BCUT2D eigenvalue weighted by Gasteiger charge is -2.21. The first kappa shape index (κ1) is 22.3. The van der Waals surface area contributed by atoms with Crippen LogP contribution in [0.2, 0.25) is 0 Å². The fraction of sp³-hybridized carbons (Fsp3) is 0.346. The summed E-state index contributed by atoms with van der Waals surface area (Å²) >= 11 is 1.62. The highest BCUT2D eigenvalue weighted by Crippen LogP contribution is 2.28. The Morgan fingerprint density at radius 3 is 2.44 bits per heavy atom. The van der Waals surface area contributed by atoms with Crippen LogP contribution in [0.5, 0.6) is 0 Å². The van der Waals surface area contributed by atoms with Crippen LogP contribution in [-0.4, -0.2) is 29.5 Å². The van der Waals surface area contributed by atoms with Crippen LogP contribution in [0.4, 0.5) is 5.82 Å². The molecule has 1 fully saturated rings. The zero-order chi connectivity index (χ0) is 22.5. The Bertz CT molecular complexity index is 1070. The molecule has 32 heavy (non-hydrogen) atoms. The smallest absolute Gasteiger partial charge is 0.251 e. The summed E-state index contributed by atoms with van der Waals surface area (Å²) in [7, 11) is 2.07. The van der Waals surface area contributed by atoms with Gasteiger partial charge in [0.15, 0.2) is 5.16 Å². The highest BCUT2D eigenvalue weighted by molar-refractivity contribution is 7.98. The fourth-order valence-electron chi connectivity index (χ4n) is 3.52. The molecule has 2 aromatic carbocycles. The second kappa shape index (κ2) is 10.2. The molecule has 1 amide bonds. The number of nitrogens with zero attached hydrogens (tertiary/aromatic N) is 3. The molecule has 1 saturated carbocycles. The Balaban J connectivity index is 1.39. The molecule has 0 bridgehead atoms. The summed E-state index contributed by atoms with van der Waals surface area (Å²) in [6, 6.07) is 18.2. The van der Waals surface area contributed by atoms with Gasteiger partial charge in [0.2, 0.25) is 0 Å². The number of nitrogens with one attached hydrogen (secondary N) is 1. The fourth-order valence-corrected chi connectivity index (χ4v) is 4.36. The number of aromatic nitrogens is 2. The van der Waals surface area contributed by atoms with Gasteiger partial charge in [0.05, 0.1) is 0 Å². The minimum Gasteiger partial charge on any atom is -0.355 e. The van der Waals surface area contributed by atoms with Gasteiger partial charge in [-0.3, -0.25) is 4.79 Å². The Morgan fingerprint density at radius 2 is 1.75 bits per heavy atom. The molecule has 0 unspecified atom stereocenters. The summed E-state index contributed by atoms with van der Waals surface area (Å²) in [5, 5.41) is 3.79. The zero-order valence-electron chi connectivity index (χ0n) is 19.0. The molecule has 0 saturated heterocycles. The normalized spacial score (nSPS) is 13.1. The second-order valence-corrected chi connectivity index (χ2v) is 9.46. The Labute approximate surface area is 194 Å². The second-order valence-electron chi connectivity index (χ2n) is 8.52. The average Bonchev–Trinajstić information content (AvgIpc) is 3.63. The lowest BCUT2D eigenvalue weighted by atomic mass is 10.1. The molecule has 4 rings (SSSR count). The van der Waals surface area contributed by atoms with E-state index in [1.165, 1.54) is 18.4 Å². The van der Waals surface area contributed by atoms with Gasteiger partial charge in [0.25, 0.3) is 5.91 Å². The number of rotatable bonds is 9. The topological polar surface area (TPSA) is 58.1 Å². The van der Waals surface area contributed by atoms with Crippen LogP contribution < -0.4 is 10.2 Å². The molecule has 166 valence electrons. The van der Waals surface area contributed by atoms with Gasteiger partial charge in [-0.05, 0) is 55.9 Å². The van der Waals surface area contributed by atoms with Gasteiger partial charge in [0.1, 0.15) is 5.82 Å². The van der Waals surface area contributed by atoms with E-state index in [9.17, 15) is 4.79 Å². The first-order valence-electron chi connectivity index (χ1n) is 11.1. The molecule has 1 aliphatic rings. The van der Waals surface area contributed by atoms with Crippen molar-refractivity contribution in [3.63, 3.8) is 0 Å². The van der Waals surface area contributed by atoms with Crippen molar-refractivity contribution in [2.75, 3.05) is 18.5 Å². The van der Waals surface area contributed by atoms with E-state index in [1.807, 2.05) is 37.3 Å². The molecule has 6 heteroatoms. The minimum atomic E-state index is 0.0136. The van der Waals surface area contributed by atoms with E-state index in [0.717, 1.165) is 46.6 Å². The van der Waals surface area contributed by atoms with Crippen molar-refractivity contribution in [3.8, 4) is 0 Å². The van der Waals surface area contributed by atoms with Crippen molar-refractivity contribution in [3.05, 3.63) is 82.5 Å². The van der Waals surface area contributed by atoms with E-state index in [2.05, 4.69) is 48.5 Å². The standard InChI is InChI=1S/C26H30N4OS/c1-18-19(2)28-26(29-24(18)30(3)16-21-7-5-4-6-8-21)32-17-22-11-13-23(14-12-22)25(31)27-15-20-9-10-20/h4-8,11-14,20H,9-10,15-17H2,1-3H3,(H,27,31). The molecule has 1 aromatic heterocycles. The third kappa shape index (κ3) is 5.88. The molecular formula is C26H30N4OS. The van der Waals surface area contributed by atoms with E-state index in [4.69, 9.17) is 9.97 Å². The van der Waals surface area contributed by atoms with E-state index in [-0.39, 0.29) is 5.91 Å². The molecule has 0 atom stereocenters. The van der Waals surface area contributed by atoms with Gasteiger partial charge < -0.3 is 10.2 Å². The molecular weight excluding hydrogens is 416 g/mol. The molecule has 1 aliphatic carbocycles. The highest BCUT2D eigenvalue weighted by atomic mass is 32.2. The third-order valence-corrected chi connectivity index (χ3v) is 6.72. The van der Waals surface area contributed by atoms with Gasteiger partial charge in [-0.1, -0.05) is 54.2 Å². The van der Waals surface area contributed by atoms with Crippen molar-refractivity contribution < 1.29 is 4.79 Å². The number of aryl methyl sites for hydroxylation is 1. The van der Waals surface area contributed by atoms with E-state index in [1.54, 1.807) is 11.8 Å². The van der Waals surface area contributed by atoms with E-state index < -0.39 is 0 Å². The minimum absolute atomic E-state index is 0.0136. The van der Waals surface area contributed by atoms with Gasteiger partial charge in [-0.2, -0.15) is 0 Å². The summed E-state index contributed by atoms with van der Waals surface area (Å²) in [6.07, 6.45) is 2.47. The Morgan fingerprint density at radius 1 is 1.03 bits per heavy atom. The quantitative estimate of drug-likeness (QED) is 0.363. The largest absolute Gasteiger partial charge is 0.355 e. The van der Waals surface area contributed by atoms with Crippen LogP contribution in [0, 0.1) is 19.8 Å². The molecule has 1 heterocycles. The molecule has 1 N–H and O–H groups in total. The Hall–Kier alpha value is -2.86.